The van der Waals surface area contributed by atoms with Gasteiger partial charge < -0.3 is 10.1 Å². The molecule has 0 aromatic heterocycles. The van der Waals surface area contributed by atoms with E-state index in [-0.39, 0.29) is 18.5 Å². The van der Waals surface area contributed by atoms with Gasteiger partial charge in [-0.2, -0.15) is 0 Å². The standard InChI is InChI=1S/C15H23NO3S/c1-15(2,3)20(17,18)9-8-19-13-10-12-6-4-5-7-14(12)16-11-13/h4-7,13,16H,8-11H2,1-3H3. The van der Waals surface area contributed by atoms with Crippen LogP contribution in [0.4, 0.5) is 5.69 Å². The first-order valence-electron chi connectivity index (χ1n) is 6.95. The zero-order valence-electron chi connectivity index (χ0n) is 12.3. The second-order valence-corrected chi connectivity index (χ2v) is 9.03. The van der Waals surface area contributed by atoms with Crippen LogP contribution in [-0.4, -0.2) is 38.2 Å². The lowest BCUT2D eigenvalue weighted by Crippen LogP contribution is -2.35. The lowest BCUT2D eigenvalue weighted by Gasteiger charge is -2.27. The first kappa shape index (κ1) is 15.3. The second-order valence-electron chi connectivity index (χ2n) is 6.17. The monoisotopic (exact) mass is 297 g/mol. The normalized spacial score (nSPS) is 19.2. The Labute approximate surface area is 121 Å². The van der Waals surface area contributed by atoms with Crippen LogP contribution < -0.4 is 5.32 Å². The number of rotatable bonds is 4. The van der Waals surface area contributed by atoms with Crippen LogP contribution in [-0.2, 0) is 21.0 Å². The van der Waals surface area contributed by atoms with Crippen LogP contribution in [0.2, 0.25) is 0 Å². The molecule has 5 heteroatoms. The summed E-state index contributed by atoms with van der Waals surface area (Å²) in [5.41, 5.74) is 2.37. The quantitative estimate of drug-likeness (QED) is 0.926. The average Bonchev–Trinajstić information content (AvgIpc) is 2.37. The van der Waals surface area contributed by atoms with Gasteiger partial charge in [0, 0.05) is 18.7 Å². The molecule has 2 rings (SSSR count). The van der Waals surface area contributed by atoms with E-state index in [0.717, 1.165) is 18.7 Å². The average molecular weight is 297 g/mol. The van der Waals surface area contributed by atoms with Gasteiger partial charge in [-0.1, -0.05) is 18.2 Å². The highest BCUT2D eigenvalue weighted by Gasteiger charge is 2.29. The molecule has 0 fully saturated rings. The minimum absolute atomic E-state index is 0.0417. The zero-order valence-corrected chi connectivity index (χ0v) is 13.2. The Bertz CT molecular complexity index is 561. The molecule has 0 saturated heterocycles. The fourth-order valence-electron chi connectivity index (χ4n) is 2.16. The fraction of sp³-hybridized carbons (Fsp3) is 0.600. The van der Waals surface area contributed by atoms with E-state index in [1.807, 2.05) is 12.1 Å². The van der Waals surface area contributed by atoms with Gasteiger partial charge in [0.25, 0.3) is 0 Å². The third-order valence-corrected chi connectivity index (χ3v) is 6.19. The van der Waals surface area contributed by atoms with Crippen molar-refractivity contribution in [2.75, 3.05) is 24.2 Å². The summed E-state index contributed by atoms with van der Waals surface area (Å²) >= 11 is 0. The maximum atomic E-state index is 12.0. The molecule has 0 spiro atoms. The summed E-state index contributed by atoms with van der Waals surface area (Å²) in [6, 6.07) is 8.13. The first-order chi connectivity index (χ1) is 9.29. The smallest absolute Gasteiger partial charge is 0.157 e. The summed E-state index contributed by atoms with van der Waals surface area (Å²) in [4.78, 5) is 0. The second kappa shape index (κ2) is 5.74. The van der Waals surface area contributed by atoms with Crippen LogP contribution in [0.15, 0.2) is 24.3 Å². The Morgan fingerprint density at radius 3 is 2.70 bits per heavy atom. The van der Waals surface area contributed by atoms with Gasteiger partial charge in [-0.05, 0) is 32.4 Å². The molecule has 1 unspecified atom stereocenters. The summed E-state index contributed by atoms with van der Waals surface area (Å²) in [5.74, 6) is 0.0780. The minimum Gasteiger partial charge on any atom is -0.382 e. The largest absolute Gasteiger partial charge is 0.382 e. The van der Waals surface area contributed by atoms with Crippen LogP contribution in [0.3, 0.4) is 0 Å². The highest BCUT2D eigenvalue weighted by atomic mass is 32.2. The van der Waals surface area contributed by atoms with Crippen LogP contribution in [0.5, 0.6) is 0 Å². The minimum atomic E-state index is -3.10. The van der Waals surface area contributed by atoms with E-state index in [1.165, 1.54) is 5.56 Å². The molecule has 1 aliphatic heterocycles. The third-order valence-electron chi connectivity index (χ3n) is 3.62. The molecule has 1 aromatic rings. The molecule has 4 nitrogen and oxygen atoms in total. The van der Waals surface area contributed by atoms with Crippen LogP contribution in [0, 0.1) is 0 Å². The molecule has 0 radical (unpaired) electrons. The number of sulfone groups is 1. The molecule has 1 N–H and O–H groups in total. The number of anilines is 1. The molecule has 1 aromatic carbocycles. The highest BCUT2D eigenvalue weighted by molar-refractivity contribution is 7.92. The summed E-state index contributed by atoms with van der Waals surface area (Å²) in [5, 5.41) is 3.32. The van der Waals surface area contributed by atoms with Crippen molar-refractivity contribution in [3.05, 3.63) is 29.8 Å². The summed E-state index contributed by atoms with van der Waals surface area (Å²) in [6.07, 6.45) is 0.874. The number of nitrogens with one attached hydrogen (secondary N) is 1. The summed E-state index contributed by atoms with van der Waals surface area (Å²) in [7, 11) is -3.10. The predicted molar refractivity (Wildman–Crippen MR) is 81.9 cm³/mol. The SMILES string of the molecule is CC(C)(C)S(=O)(=O)CCOC1CNc2ccccc2C1. The lowest BCUT2D eigenvalue weighted by molar-refractivity contribution is 0.0714. The van der Waals surface area contributed by atoms with Gasteiger partial charge in [0.05, 0.1) is 23.2 Å². The molecule has 1 aliphatic rings. The Balaban J connectivity index is 1.86. The van der Waals surface area contributed by atoms with E-state index in [1.54, 1.807) is 20.8 Å². The number of fused-ring (bicyclic) bond motifs is 1. The van der Waals surface area contributed by atoms with Crippen molar-refractivity contribution in [2.24, 2.45) is 0 Å². The van der Waals surface area contributed by atoms with E-state index in [9.17, 15) is 8.42 Å². The number of para-hydroxylation sites is 1. The molecular formula is C15H23NO3S. The van der Waals surface area contributed by atoms with Gasteiger partial charge in [0.15, 0.2) is 9.84 Å². The van der Waals surface area contributed by atoms with Gasteiger partial charge in [-0.15, -0.1) is 0 Å². The van der Waals surface area contributed by atoms with Gasteiger partial charge in [-0.25, -0.2) is 8.42 Å². The van der Waals surface area contributed by atoms with Crippen molar-refractivity contribution in [3.63, 3.8) is 0 Å². The Morgan fingerprint density at radius 1 is 1.30 bits per heavy atom. The molecule has 1 heterocycles. The first-order valence-corrected chi connectivity index (χ1v) is 8.60. The van der Waals surface area contributed by atoms with E-state index in [4.69, 9.17) is 4.74 Å². The number of ether oxygens (including phenoxy) is 1. The topological polar surface area (TPSA) is 55.4 Å². The van der Waals surface area contributed by atoms with Crippen molar-refractivity contribution in [1.29, 1.82) is 0 Å². The molecule has 1 atom stereocenters. The van der Waals surface area contributed by atoms with Crippen LogP contribution >= 0.6 is 0 Å². The lowest BCUT2D eigenvalue weighted by atomic mass is 10.0. The number of benzene rings is 1. The molecule has 0 bridgehead atoms. The molecular weight excluding hydrogens is 274 g/mol. The van der Waals surface area contributed by atoms with Crippen molar-refractivity contribution in [2.45, 2.75) is 38.0 Å². The maximum Gasteiger partial charge on any atom is 0.157 e. The zero-order chi connectivity index (χ0) is 14.8. The maximum absolute atomic E-state index is 12.0. The Kier molecular flexibility index (Phi) is 4.39. The Hall–Kier alpha value is -1.07. The Morgan fingerprint density at radius 2 is 2.00 bits per heavy atom. The fourth-order valence-corrected chi connectivity index (χ4v) is 3.09. The molecule has 20 heavy (non-hydrogen) atoms. The predicted octanol–water partition coefficient (Wildman–Crippen LogP) is 2.25. The summed E-state index contributed by atoms with van der Waals surface area (Å²) < 4.78 is 29.0. The van der Waals surface area contributed by atoms with Crippen LogP contribution in [0.25, 0.3) is 0 Å². The third kappa shape index (κ3) is 3.52. The highest BCUT2D eigenvalue weighted by Crippen LogP contribution is 2.22. The van der Waals surface area contributed by atoms with Crippen molar-refractivity contribution < 1.29 is 13.2 Å². The van der Waals surface area contributed by atoms with Gasteiger partial charge >= 0.3 is 0 Å². The van der Waals surface area contributed by atoms with Crippen molar-refractivity contribution in [3.8, 4) is 0 Å². The molecule has 0 aliphatic carbocycles. The van der Waals surface area contributed by atoms with Crippen LogP contribution in [0.1, 0.15) is 26.3 Å². The van der Waals surface area contributed by atoms with Gasteiger partial charge in [0.2, 0.25) is 0 Å². The van der Waals surface area contributed by atoms with Crippen molar-refractivity contribution in [1.82, 2.24) is 0 Å². The number of hydrogen-bond donors (Lipinski definition) is 1. The number of hydrogen-bond acceptors (Lipinski definition) is 4. The van der Waals surface area contributed by atoms with E-state index >= 15 is 0 Å². The van der Waals surface area contributed by atoms with E-state index < -0.39 is 14.6 Å². The van der Waals surface area contributed by atoms with Crippen molar-refractivity contribution >= 4 is 15.5 Å². The molecule has 0 amide bonds. The molecule has 112 valence electrons. The van der Waals surface area contributed by atoms with E-state index in [2.05, 4.69) is 17.4 Å². The van der Waals surface area contributed by atoms with E-state index in [0.29, 0.717) is 0 Å². The molecule has 0 saturated carbocycles. The van der Waals surface area contributed by atoms with Gasteiger partial charge in [-0.3, -0.25) is 0 Å². The summed E-state index contributed by atoms with van der Waals surface area (Å²) in [6.45, 7) is 6.16. The van der Waals surface area contributed by atoms with Gasteiger partial charge in [0.1, 0.15) is 0 Å².